The number of carbonyl (C=O) groups is 2. The summed E-state index contributed by atoms with van der Waals surface area (Å²) in [4.78, 5) is 23.9. The van der Waals surface area contributed by atoms with Crippen LogP contribution in [0.1, 0.15) is 43.0 Å². The second-order valence-electron chi connectivity index (χ2n) is 5.89. The van der Waals surface area contributed by atoms with E-state index >= 15 is 0 Å². The predicted octanol–water partition coefficient (Wildman–Crippen LogP) is 3.14. The normalized spacial score (nSPS) is 20.5. The molecule has 24 heavy (non-hydrogen) atoms. The van der Waals surface area contributed by atoms with Crippen molar-refractivity contribution < 1.29 is 27.8 Å². The maximum atomic E-state index is 12.3. The Morgan fingerprint density at radius 2 is 1.96 bits per heavy atom. The summed E-state index contributed by atoms with van der Waals surface area (Å²) in [6, 6.07) is 5.59. The van der Waals surface area contributed by atoms with Crippen molar-refractivity contribution in [3.63, 3.8) is 0 Å². The lowest BCUT2D eigenvalue weighted by molar-refractivity contribution is -0.125. The number of amides is 1. The number of alkyl halides is 2. The van der Waals surface area contributed by atoms with E-state index < -0.39 is 25.1 Å². The van der Waals surface area contributed by atoms with Gasteiger partial charge in [-0.15, -0.1) is 0 Å². The molecule has 1 amide bonds. The maximum absolute atomic E-state index is 12.3. The Bertz CT molecular complexity index is 579. The summed E-state index contributed by atoms with van der Waals surface area (Å²) in [6.45, 7) is -1.42. The molecule has 0 bridgehead atoms. The second kappa shape index (κ2) is 8.61. The van der Waals surface area contributed by atoms with Crippen LogP contribution in [0.5, 0.6) is 5.75 Å². The summed E-state index contributed by atoms with van der Waals surface area (Å²) < 4.78 is 33.9. The molecule has 1 saturated carbocycles. The monoisotopic (exact) mass is 341 g/mol. The van der Waals surface area contributed by atoms with E-state index in [1.54, 1.807) is 0 Å². The molecule has 1 aromatic rings. The predicted molar refractivity (Wildman–Crippen MR) is 82.9 cm³/mol. The van der Waals surface area contributed by atoms with Crippen LogP contribution < -0.4 is 10.1 Å². The number of nitrogens with one attached hydrogen (secondary N) is 1. The zero-order valence-corrected chi connectivity index (χ0v) is 13.5. The Morgan fingerprint density at radius 3 is 2.67 bits per heavy atom. The first-order valence-corrected chi connectivity index (χ1v) is 7.97. The van der Waals surface area contributed by atoms with Crippen LogP contribution in [-0.2, 0) is 9.53 Å². The zero-order valence-electron chi connectivity index (χ0n) is 13.5. The largest absolute Gasteiger partial charge is 0.452 e. The molecule has 2 atom stereocenters. The summed E-state index contributed by atoms with van der Waals surface area (Å²) in [5.74, 6) is -1.16. The lowest BCUT2D eigenvalue weighted by Crippen LogP contribution is -2.42. The first-order valence-electron chi connectivity index (χ1n) is 7.97. The first-order chi connectivity index (χ1) is 11.5. The minimum atomic E-state index is -3.05. The van der Waals surface area contributed by atoms with Crippen molar-refractivity contribution in [1.82, 2.24) is 5.32 Å². The van der Waals surface area contributed by atoms with Gasteiger partial charge in [-0.05, 0) is 30.9 Å². The molecular formula is C17H21F2NO4. The maximum Gasteiger partial charge on any atom is 0.387 e. The van der Waals surface area contributed by atoms with Gasteiger partial charge in [-0.3, -0.25) is 4.79 Å². The SMILES string of the molecule is C[C@H]1CCCC[C@@H]1NC(=O)COC(=O)c1ccccc1OC(F)F. The van der Waals surface area contributed by atoms with E-state index in [2.05, 4.69) is 17.0 Å². The molecule has 0 aliphatic heterocycles. The molecule has 0 saturated heterocycles. The van der Waals surface area contributed by atoms with Crippen molar-refractivity contribution in [1.29, 1.82) is 0 Å². The highest BCUT2D eigenvalue weighted by Crippen LogP contribution is 2.24. The summed E-state index contributed by atoms with van der Waals surface area (Å²) in [6.07, 6.45) is 4.19. The molecule has 5 nitrogen and oxygen atoms in total. The summed E-state index contributed by atoms with van der Waals surface area (Å²) in [5, 5.41) is 2.85. The van der Waals surface area contributed by atoms with Crippen molar-refractivity contribution in [3.05, 3.63) is 29.8 Å². The molecule has 0 aromatic heterocycles. The quantitative estimate of drug-likeness (QED) is 0.808. The van der Waals surface area contributed by atoms with Crippen LogP contribution in [0.15, 0.2) is 24.3 Å². The molecule has 1 aliphatic carbocycles. The third-order valence-electron chi connectivity index (χ3n) is 4.12. The molecule has 132 valence electrons. The van der Waals surface area contributed by atoms with Gasteiger partial charge in [0.2, 0.25) is 0 Å². The minimum Gasteiger partial charge on any atom is -0.452 e. The third-order valence-corrected chi connectivity index (χ3v) is 4.12. The molecule has 1 N–H and O–H groups in total. The topological polar surface area (TPSA) is 64.6 Å². The van der Waals surface area contributed by atoms with E-state index in [0.29, 0.717) is 5.92 Å². The Kier molecular flexibility index (Phi) is 6.52. The standard InChI is InChI=1S/C17H21F2NO4/c1-11-6-2-4-8-13(11)20-15(21)10-23-16(22)12-7-3-5-9-14(12)24-17(18)19/h3,5,7,9,11,13,17H,2,4,6,8,10H2,1H3,(H,20,21)/t11-,13-/m0/s1. The van der Waals surface area contributed by atoms with Gasteiger partial charge < -0.3 is 14.8 Å². The number of para-hydroxylation sites is 1. The molecule has 0 spiro atoms. The van der Waals surface area contributed by atoms with Gasteiger partial charge in [0.15, 0.2) is 6.61 Å². The fourth-order valence-corrected chi connectivity index (χ4v) is 2.82. The highest BCUT2D eigenvalue weighted by molar-refractivity contribution is 5.94. The second-order valence-corrected chi connectivity index (χ2v) is 5.89. The van der Waals surface area contributed by atoms with Crippen molar-refractivity contribution in [3.8, 4) is 5.75 Å². The van der Waals surface area contributed by atoms with E-state index in [4.69, 9.17) is 4.74 Å². The number of esters is 1. The fraction of sp³-hybridized carbons (Fsp3) is 0.529. The van der Waals surface area contributed by atoms with E-state index in [1.807, 2.05) is 0 Å². The summed E-state index contributed by atoms with van der Waals surface area (Å²) in [5.41, 5.74) is -0.142. The summed E-state index contributed by atoms with van der Waals surface area (Å²) in [7, 11) is 0. The number of hydrogen-bond donors (Lipinski definition) is 1. The summed E-state index contributed by atoms with van der Waals surface area (Å²) >= 11 is 0. The molecule has 0 unspecified atom stereocenters. The van der Waals surface area contributed by atoms with Crippen LogP contribution in [0, 0.1) is 5.92 Å². The Hall–Kier alpha value is -2.18. The van der Waals surface area contributed by atoms with Gasteiger partial charge in [0.05, 0.1) is 0 Å². The molecule has 2 rings (SSSR count). The van der Waals surface area contributed by atoms with E-state index in [0.717, 1.165) is 25.7 Å². The van der Waals surface area contributed by atoms with E-state index in [-0.39, 0.29) is 17.4 Å². The Balaban J connectivity index is 1.87. The van der Waals surface area contributed by atoms with Gasteiger partial charge in [-0.2, -0.15) is 8.78 Å². The van der Waals surface area contributed by atoms with Gasteiger partial charge in [0.1, 0.15) is 11.3 Å². The van der Waals surface area contributed by atoms with Gasteiger partial charge in [0.25, 0.3) is 5.91 Å². The molecule has 1 aromatic carbocycles. The molecule has 1 fully saturated rings. The highest BCUT2D eigenvalue weighted by atomic mass is 19.3. The van der Waals surface area contributed by atoms with Gasteiger partial charge in [-0.25, -0.2) is 4.79 Å². The van der Waals surface area contributed by atoms with E-state index in [9.17, 15) is 18.4 Å². The van der Waals surface area contributed by atoms with Crippen molar-refractivity contribution in [2.45, 2.75) is 45.3 Å². The average molecular weight is 341 g/mol. The van der Waals surface area contributed by atoms with Crippen molar-refractivity contribution >= 4 is 11.9 Å². The average Bonchev–Trinajstić information content (AvgIpc) is 2.55. The van der Waals surface area contributed by atoms with Crippen molar-refractivity contribution in [2.75, 3.05) is 6.61 Å². The highest BCUT2D eigenvalue weighted by Gasteiger charge is 2.23. The Morgan fingerprint density at radius 1 is 1.25 bits per heavy atom. The Labute approximate surface area is 139 Å². The lowest BCUT2D eigenvalue weighted by atomic mass is 9.86. The van der Waals surface area contributed by atoms with E-state index in [1.165, 1.54) is 24.3 Å². The van der Waals surface area contributed by atoms with Crippen LogP contribution in [0.4, 0.5) is 8.78 Å². The van der Waals surface area contributed by atoms with Crippen molar-refractivity contribution in [2.24, 2.45) is 5.92 Å². The van der Waals surface area contributed by atoms with Crippen LogP contribution >= 0.6 is 0 Å². The number of carbonyl (C=O) groups excluding carboxylic acids is 2. The van der Waals surface area contributed by atoms with Crippen LogP contribution in [0.3, 0.4) is 0 Å². The molecule has 1 aliphatic rings. The zero-order chi connectivity index (χ0) is 17.5. The van der Waals surface area contributed by atoms with Crippen LogP contribution in [0.2, 0.25) is 0 Å². The number of benzene rings is 1. The molecule has 7 heteroatoms. The van der Waals surface area contributed by atoms with Gasteiger partial charge >= 0.3 is 12.6 Å². The number of halogens is 2. The third kappa shape index (κ3) is 5.18. The number of ether oxygens (including phenoxy) is 2. The first kappa shape index (κ1) is 18.2. The molecule has 0 radical (unpaired) electrons. The smallest absolute Gasteiger partial charge is 0.387 e. The van der Waals surface area contributed by atoms with Gasteiger partial charge in [-0.1, -0.05) is 31.9 Å². The lowest BCUT2D eigenvalue weighted by Gasteiger charge is -2.29. The fourth-order valence-electron chi connectivity index (χ4n) is 2.82. The van der Waals surface area contributed by atoms with Crippen LogP contribution in [-0.4, -0.2) is 31.1 Å². The minimum absolute atomic E-state index is 0.0828. The van der Waals surface area contributed by atoms with Crippen LogP contribution in [0.25, 0.3) is 0 Å². The number of rotatable bonds is 6. The molecular weight excluding hydrogens is 320 g/mol. The number of hydrogen-bond acceptors (Lipinski definition) is 4. The van der Waals surface area contributed by atoms with Gasteiger partial charge in [0, 0.05) is 6.04 Å². The molecule has 0 heterocycles.